The van der Waals surface area contributed by atoms with Gasteiger partial charge in [0, 0.05) is 28.9 Å². The third kappa shape index (κ3) is 4.82. The van der Waals surface area contributed by atoms with Crippen LogP contribution in [0.1, 0.15) is 28.5 Å². The fourth-order valence-electron chi connectivity index (χ4n) is 3.23. The van der Waals surface area contributed by atoms with Gasteiger partial charge in [-0.25, -0.2) is 18.2 Å². The number of anilines is 1. The Labute approximate surface area is 196 Å². The Morgan fingerprint density at radius 3 is 2.59 bits per heavy atom. The normalized spacial score (nSPS) is 10.9. The number of aromatic carboxylic acids is 1. The highest BCUT2D eigenvalue weighted by Gasteiger charge is 2.21. The fourth-order valence-corrected chi connectivity index (χ4v) is 4.48. The number of nitrogens with zero attached hydrogens (tertiary/aromatic N) is 2. The zero-order chi connectivity index (χ0) is 24.1. The number of fused-ring (bicyclic) bond motifs is 1. The molecule has 9 heteroatoms. The zero-order valence-electron chi connectivity index (χ0n) is 18.0. The second kappa shape index (κ2) is 9.60. The van der Waals surface area contributed by atoms with E-state index < -0.39 is 16.0 Å². The van der Waals surface area contributed by atoms with E-state index in [1.807, 2.05) is 6.92 Å². The molecule has 34 heavy (non-hydrogen) atoms. The Morgan fingerprint density at radius 2 is 1.85 bits per heavy atom. The lowest BCUT2D eigenvalue weighted by molar-refractivity contribution is 0.0690. The summed E-state index contributed by atoms with van der Waals surface area (Å²) in [6.07, 6.45) is 2.88. The minimum atomic E-state index is -4.01. The molecule has 2 heterocycles. The van der Waals surface area contributed by atoms with Crippen molar-refractivity contribution in [3.8, 4) is 17.6 Å². The monoisotopic (exact) mass is 473 g/mol. The van der Waals surface area contributed by atoms with Crippen molar-refractivity contribution >= 4 is 32.6 Å². The Bertz CT molecular complexity index is 1540. The van der Waals surface area contributed by atoms with Crippen molar-refractivity contribution < 1.29 is 23.1 Å². The molecule has 0 bridgehead atoms. The molecule has 0 fully saturated rings. The first kappa shape index (κ1) is 22.8. The average Bonchev–Trinajstić information content (AvgIpc) is 2.84. The highest BCUT2D eigenvalue weighted by Crippen LogP contribution is 2.31. The van der Waals surface area contributed by atoms with Crippen LogP contribution in [0.2, 0.25) is 0 Å². The van der Waals surface area contributed by atoms with Gasteiger partial charge in [-0.3, -0.25) is 9.71 Å². The SMILES string of the molecule is CCOc1ccc(S(=O)(=O)Nc2ccccc2C#Cc2ccc(C(=O)O)nc2)c2ncccc12. The van der Waals surface area contributed by atoms with E-state index in [-0.39, 0.29) is 10.6 Å². The van der Waals surface area contributed by atoms with Gasteiger partial charge < -0.3 is 9.84 Å². The van der Waals surface area contributed by atoms with Crippen molar-refractivity contribution in [2.75, 3.05) is 11.3 Å². The third-order valence-corrected chi connectivity index (χ3v) is 6.17. The van der Waals surface area contributed by atoms with Crippen LogP contribution in [0, 0.1) is 11.8 Å². The number of carboxylic acid groups (broad SMARTS) is 1. The van der Waals surface area contributed by atoms with E-state index in [1.165, 1.54) is 30.6 Å². The Hall–Kier alpha value is -4.42. The summed E-state index contributed by atoms with van der Waals surface area (Å²) in [5, 5.41) is 9.55. The van der Waals surface area contributed by atoms with Crippen LogP contribution in [0.25, 0.3) is 10.9 Å². The molecule has 0 unspecified atom stereocenters. The predicted molar refractivity (Wildman–Crippen MR) is 127 cm³/mol. The molecular weight excluding hydrogens is 454 g/mol. The van der Waals surface area contributed by atoms with E-state index in [4.69, 9.17) is 9.84 Å². The van der Waals surface area contributed by atoms with E-state index in [2.05, 4.69) is 26.5 Å². The van der Waals surface area contributed by atoms with Gasteiger partial charge in [0.1, 0.15) is 16.3 Å². The number of ether oxygens (including phenoxy) is 1. The summed E-state index contributed by atoms with van der Waals surface area (Å²) in [4.78, 5) is 19.1. The summed E-state index contributed by atoms with van der Waals surface area (Å²) in [5.41, 5.74) is 1.44. The maximum absolute atomic E-state index is 13.3. The van der Waals surface area contributed by atoms with Crippen LogP contribution in [0.4, 0.5) is 5.69 Å². The van der Waals surface area contributed by atoms with Crippen LogP contribution >= 0.6 is 0 Å². The van der Waals surface area contributed by atoms with Crippen molar-refractivity contribution in [1.29, 1.82) is 0 Å². The van der Waals surface area contributed by atoms with Crippen LogP contribution < -0.4 is 9.46 Å². The number of pyridine rings is 2. The first-order chi connectivity index (χ1) is 16.4. The molecule has 2 N–H and O–H groups in total. The summed E-state index contributed by atoms with van der Waals surface area (Å²) in [6.45, 7) is 2.29. The predicted octanol–water partition coefficient (Wildman–Crippen LogP) is 3.93. The van der Waals surface area contributed by atoms with Crippen LogP contribution in [-0.2, 0) is 10.0 Å². The molecule has 0 aliphatic carbocycles. The maximum atomic E-state index is 13.3. The van der Waals surface area contributed by atoms with E-state index in [0.717, 1.165) is 0 Å². The Kier molecular flexibility index (Phi) is 6.43. The maximum Gasteiger partial charge on any atom is 0.354 e. The number of benzene rings is 2. The quantitative estimate of drug-likeness (QED) is 0.407. The molecule has 0 amide bonds. The van der Waals surface area contributed by atoms with Gasteiger partial charge in [-0.1, -0.05) is 24.0 Å². The zero-order valence-corrected chi connectivity index (χ0v) is 18.8. The van der Waals surface area contributed by atoms with Crippen molar-refractivity contribution in [1.82, 2.24) is 9.97 Å². The second-order valence-corrected chi connectivity index (χ2v) is 8.68. The molecule has 0 aliphatic rings. The van der Waals surface area contributed by atoms with Gasteiger partial charge in [-0.2, -0.15) is 0 Å². The lowest BCUT2D eigenvalue weighted by Gasteiger charge is -2.13. The summed E-state index contributed by atoms with van der Waals surface area (Å²) < 4.78 is 34.8. The van der Waals surface area contributed by atoms with Gasteiger partial charge in [-0.15, -0.1) is 0 Å². The van der Waals surface area contributed by atoms with Gasteiger partial charge in [0.05, 0.1) is 17.8 Å². The van der Waals surface area contributed by atoms with Crippen LogP contribution in [0.5, 0.6) is 5.75 Å². The second-order valence-electron chi connectivity index (χ2n) is 7.03. The van der Waals surface area contributed by atoms with E-state index in [0.29, 0.717) is 40.1 Å². The largest absolute Gasteiger partial charge is 0.493 e. The third-order valence-electron chi connectivity index (χ3n) is 4.78. The molecule has 8 nitrogen and oxygen atoms in total. The summed E-state index contributed by atoms with van der Waals surface area (Å²) in [5.74, 6) is 5.22. The summed E-state index contributed by atoms with van der Waals surface area (Å²) in [6, 6.07) is 16.2. The van der Waals surface area contributed by atoms with Gasteiger partial charge in [0.25, 0.3) is 10.0 Å². The van der Waals surface area contributed by atoms with E-state index >= 15 is 0 Å². The van der Waals surface area contributed by atoms with E-state index in [1.54, 1.807) is 42.5 Å². The van der Waals surface area contributed by atoms with Gasteiger partial charge in [0.15, 0.2) is 0 Å². The van der Waals surface area contributed by atoms with Gasteiger partial charge in [0.2, 0.25) is 0 Å². The van der Waals surface area contributed by atoms with Crippen molar-refractivity contribution in [3.05, 3.63) is 89.9 Å². The number of para-hydroxylation sites is 1. The number of hydrogen-bond acceptors (Lipinski definition) is 6. The molecular formula is C25H19N3O5S. The number of aromatic nitrogens is 2. The summed E-state index contributed by atoms with van der Waals surface area (Å²) >= 11 is 0. The first-order valence-corrected chi connectivity index (χ1v) is 11.7. The molecule has 0 saturated heterocycles. The van der Waals surface area contributed by atoms with Crippen molar-refractivity contribution in [2.24, 2.45) is 0 Å². The molecule has 2 aromatic carbocycles. The topological polar surface area (TPSA) is 118 Å². The standard InChI is InChI=1S/C25H19N3O5S/c1-2-33-22-13-14-23(24-19(22)7-5-15-26-24)34(31,32)28-20-8-4-3-6-18(20)11-9-17-10-12-21(25(29)30)27-16-17/h3-8,10,12-16,28H,2H2,1H3,(H,29,30). The molecule has 0 spiro atoms. The first-order valence-electron chi connectivity index (χ1n) is 10.2. The number of rotatable bonds is 6. The molecule has 0 radical (unpaired) electrons. The average molecular weight is 474 g/mol. The highest BCUT2D eigenvalue weighted by molar-refractivity contribution is 7.93. The minimum absolute atomic E-state index is 0.0165. The number of carbonyl (C=O) groups is 1. The van der Waals surface area contributed by atoms with Crippen molar-refractivity contribution in [2.45, 2.75) is 11.8 Å². The van der Waals surface area contributed by atoms with Crippen LogP contribution in [-0.4, -0.2) is 36.1 Å². The smallest absolute Gasteiger partial charge is 0.354 e. The Balaban J connectivity index is 1.68. The molecule has 4 rings (SSSR count). The van der Waals surface area contributed by atoms with E-state index in [9.17, 15) is 13.2 Å². The number of carboxylic acids is 1. The lowest BCUT2D eigenvalue weighted by atomic mass is 10.1. The number of sulfonamides is 1. The fraction of sp³-hybridized carbons (Fsp3) is 0.0800. The van der Waals surface area contributed by atoms with Crippen molar-refractivity contribution in [3.63, 3.8) is 0 Å². The molecule has 0 aliphatic heterocycles. The molecule has 2 aromatic heterocycles. The van der Waals surface area contributed by atoms with Crippen LogP contribution in [0.15, 0.2) is 78.0 Å². The van der Waals surface area contributed by atoms with Gasteiger partial charge >= 0.3 is 5.97 Å². The van der Waals surface area contributed by atoms with Crippen LogP contribution in [0.3, 0.4) is 0 Å². The highest BCUT2D eigenvalue weighted by atomic mass is 32.2. The Morgan fingerprint density at radius 1 is 1.03 bits per heavy atom. The molecule has 4 aromatic rings. The van der Waals surface area contributed by atoms with Gasteiger partial charge in [-0.05, 0) is 55.5 Å². The lowest BCUT2D eigenvalue weighted by Crippen LogP contribution is -2.15. The molecule has 170 valence electrons. The summed E-state index contributed by atoms with van der Waals surface area (Å²) in [7, 11) is -4.01. The number of nitrogens with one attached hydrogen (secondary N) is 1. The number of hydrogen-bond donors (Lipinski definition) is 2. The minimum Gasteiger partial charge on any atom is -0.493 e. The molecule has 0 atom stereocenters. The molecule has 0 saturated carbocycles.